The van der Waals surface area contributed by atoms with Crippen LogP contribution in [0.3, 0.4) is 0 Å². The Morgan fingerprint density at radius 1 is 1.77 bits per heavy atom. The molecule has 70 valence electrons. The van der Waals surface area contributed by atoms with Gasteiger partial charge in [0, 0.05) is 12.7 Å². The van der Waals surface area contributed by atoms with Crippen molar-refractivity contribution in [3.63, 3.8) is 0 Å². The van der Waals surface area contributed by atoms with Crippen molar-refractivity contribution >= 4 is 5.97 Å². The maximum absolute atomic E-state index is 10.7. The van der Waals surface area contributed by atoms with Crippen molar-refractivity contribution in [1.29, 1.82) is 0 Å². The van der Waals surface area contributed by atoms with Gasteiger partial charge in [-0.3, -0.25) is 0 Å². The van der Waals surface area contributed by atoms with Gasteiger partial charge in [-0.05, 0) is 13.8 Å². The van der Waals surface area contributed by atoms with Gasteiger partial charge in [-0.1, -0.05) is 12.2 Å². The number of carboxylic acids is 1. The minimum absolute atomic E-state index is 0.0931. The molecule has 0 unspecified atom stereocenters. The first-order valence-corrected chi connectivity index (χ1v) is 4.03. The summed E-state index contributed by atoms with van der Waals surface area (Å²) in [7, 11) is 0. The third kappa shape index (κ3) is 2.18. The average Bonchev–Trinajstić information content (AvgIpc) is 2.43. The summed E-state index contributed by atoms with van der Waals surface area (Å²) in [5.74, 6) is -0.895. The summed E-state index contributed by atoms with van der Waals surface area (Å²) in [5, 5.41) is 8.77. The highest BCUT2D eigenvalue weighted by molar-refractivity contribution is 5.83. The van der Waals surface area contributed by atoms with E-state index in [1.807, 2.05) is 19.1 Å². The predicted octanol–water partition coefficient (Wildman–Crippen LogP) is 1.47. The van der Waals surface area contributed by atoms with Crippen LogP contribution in [0.1, 0.15) is 23.2 Å². The Kier molecular flexibility index (Phi) is 2.84. The molecule has 0 fully saturated rings. The number of hydrogen-bond acceptors (Lipinski definition) is 2. The average molecular weight is 180 g/mol. The van der Waals surface area contributed by atoms with E-state index in [1.54, 1.807) is 17.7 Å². The molecule has 1 rings (SSSR count). The first kappa shape index (κ1) is 9.51. The molecule has 0 atom stereocenters. The van der Waals surface area contributed by atoms with Gasteiger partial charge >= 0.3 is 5.97 Å². The minimum atomic E-state index is -0.988. The molecule has 0 saturated heterocycles. The van der Waals surface area contributed by atoms with Crippen molar-refractivity contribution in [3.8, 4) is 0 Å². The van der Waals surface area contributed by atoms with Gasteiger partial charge in [0.2, 0.25) is 5.82 Å². The highest BCUT2D eigenvalue weighted by Gasteiger charge is 2.11. The minimum Gasteiger partial charge on any atom is -0.475 e. The van der Waals surface area contributed by atoms with Crippen LogP contribution in [0, 0.1) is 6.92 Å². The van der Waals surface area contributed by atoms with Gasteiger partial charge in [0.25, 0.3) is 0 Å². The fourth-order valence-corrected chi connectivity index (χ4v) is 1.08. The van der Waals surface area contributed by atoms with Crippen molar-refractivity contribution < 1.29 is 9.90 Å². The maximum Gasteiger partial charge on any atom is 0.372 e. The molecule has 13 heavy (non-hydrogen) atoms. The zero-order valence-electron chi connectivity index (χ0n) is 7.69. The van der Waals surface area contributed by atoms with Crippen LogP contribution in [0.4, 0.5) is 0 Å². The molecule has 0 aliphatic heterocycles. The number of allylic oxidation sites excluding steroid dienone is 2. The summed E-state index contributed by atoms with van der Waals surface area (Å²) in [6.45, 7) is 4.22. The summed E-state index contributed by atoms with van der Waals surface area (Å²) >= 11 is 0. The fourth-order valence-electron chi connectivity index (χ4n) is 1.08. The van der Waals surface area contributed by atoms with E-state index in [2.05, 4.69) is 4.98 Å². The predicted molar refractivity (Wildman–Crippen MR) is 48.7 cm³/mol. The van der Waals surface area contributed by atoms with Crippen molar-refractivity contribution in [3.05, 3.63) is 29.9 Å². The number of carbonyl (C=O) groups is 1. The highest BCUT2D eigenvalue weighted by Crippen LogP contribution is 2.02. The van der Waals surface area contributed by atoms with E-state index in [1.165, 1.54) is 0 Å². The summed E-state index contributed by atoms with van der Waals surface area (Å²) in [6, 6.07) is 0. The second kappa shape index (κ2) is 3.89. The van der Waals surface area contributed by atoms with E-state index in [0.29, 0.717) is 6.54 Å². The molecule has 0 aliphatic rings. The van der Waals surface area contributed by atoms with Crippen molar-refractivity contribution in [1.82, 2.24) is 9.55 Å². The molecule has 1 aromatic rings. The van der Waals surface area contributed by atoms with E-state index < -0.39 is 5.97 Å². The van der Waals surface area contributed by atoms with Crippen LogP contribution in [0.15, 0.2) is 18.3 Å². The van der Waals surface area contributed by atoms with Crippen LogP contribution in [0.5, 0.6) is 0 Å². The van der Waals surface area contributed by atoms with Gasteiger partial charge < -0.3 is 9.67 Å². The molecule has 0 aromatic carbocycles. The van der Waals surface area contributed by atoms with Crippen LogP contribution in [0.25, 0.3) is 0 Å². The summed E-state index contributed by atoms with van der Waals surface area (Å²) < 4.78 is 1.61. The summed E-state index contributed by atoms with van der Waals surface area (Å²) in [5.41, 5.74) is 0.724. The van der Waals surface area contributed by atoms with Crippen LogP contribution >= 0.6 is 0 Å². The van der Waals surface area contributed by atoms with Crippen molar-refractivity contribution in [2.75, 3.05) is 0 Å². The Hall–Kier alpha value is -1.58. The van der Waals surface area contributed by atoms with E-state index in [-0.39, 0.29) is 5.82 Å². The van der Waals surface area contributed by atoms with E-state index in [9.17, 15) is 4.79 Å². The number of nitrogens with zero attached hydrogens (tertiary/aromatic N) is 2. The smallest absolute Gasteiger partial charge is 0.372 e. The van der Waals surface area contributed by atoms with Gasteiger partial charge in [0.1, 0.15) is 0 Å². The molecular formula is C9H12N2O2. The number of carboxylic acid groups (broad SMARTS) is 1. The molecule has 1 aromatic heterocycles. The monoisotopic (exact) mass is 180 g/mol. The van der Waals surface area contributed by atoms with Gasteiger partial charge in [0.05, 0.1) is 5.69 Å². The lowest BCUT2D eigenvalue weighted by atomic mass is 10.5. The SMILES string of the molecule is CC=CCn1cc(C)nc1C(=O)O. The Balaban J connectivity index is 2.97. The molecule has 0 bridgehead atoms. The topological polar surface area (TPSA) is 55.1 Å². The molecule has 1 N–H and O–H groups in total. The van der Waals surface area contributed by atoms with Crippen LogP contribution in [-0.4, -0.2) is 20.6 Å². The maximum atomic E-state index is 10.7. The molecule has 0 radical (unpaired) electrons. The number of aryl methyl sites for hydroxylation is 1. The van der Waals surface area contributed by atoms with Crippen molar-refractivity contribution in [2.24, 2.45) is 0 Å². The zero-order chi connectivity index (χ0) is 9.84. The van der Waals surface area contributed by atoms with Crippen molar-refractivity contribution in [2.45, 2.75) is 20.4 Å². The molecule has 0 amide bonds. The summed E-state index contributed by atoms with van der Waals surface area (Å²) in [4.78, 5) is 14.6. The molecule has 0 aliphatic carbocycles. The van der Waals surface area contributed by atoms with E-state index >= 15 is 0 Å². The first-order chi connectivity index (χ1) is 6.15. The number of imidazole rings is 1. The van der Waals surface area contributed by atoms with Gasteiger partial charge in [0.15, 0.2) is 0 Å². The number of rotatable bonds is 3. The van der Waals surface area contributed by atoms with Crippen LogP contribution in [-0.2, 0) is 6.54 Å². The Labute approximate surface area is 76.5 Å². The highest BCUT2D eigenvalue weighted by atomic mass is 16.4. The molecule has 4 heteroatoms. The van der Waals surface area contributed by atoms with Crippen LogP contribution in [0.2, 0.25) is 0 Å². The normalized spacial score (nSPS) is 10.9. The molecule has 1 heterocycles. The first-order valence-electron chi connectivity index (χ1n) is 4.03. The lowest BCUT2D eigenvalue weighted by Crippen LogP contribution is -2.08. The Morgan fingerprint density at radius 3 is 3.00 bits per heavy atom. The van der Waals surface area contributed by atoms with Crippen LogP contribution < -0.4 is 0 Å². The number of aromatic carboxylic acids is 1. The third-order valence-electron chi connectivity index (χ3n) is 1.63. The van der Waals surface area contributed by atoms with E-state index in [4.69, 9.17) is 5.11 Å². The number of hydrogen-bond donors (Lipinski definition) is 1. The van der Waals surface area contributed by atoms with Gasteiger partial charge in [-0.15, -0.1) is 0 Å². The molecule has 0 saturated carbocycles. The molecular weight excluding hydrogens is 168 g/mol. The Bertz CT molecular complexity index is 339. The Morgan fingerprint density at radius 2 is 2.46 bits per heavy atom. The standard InChI is InChI=1S/C9H12N2O2/c1-3-4-5-11-6-7(2)10-8(11)9(12)13/h3-4,6H,5H2,1-2H3,(H,12,13). The molecule has 0 spiro atoms. The largest absolute Gasteiger partial charge is 0.475 e. The van der Waals surface area contributed by atoms with Gasteiger partial charge in [-0.25, -0.2) is 9.78 Å². The van der Waals surface area contributed by atoms with E-state index in [0.717, 1.165) is 5.69 Å². The second-order valence-corrected chi connectivity index (χ2v) is 2.73. The number of aromatic nitrogens is 2. The lowest BCUT2D eigenvalue weighted by Gasteiger charge is -1.98. The lowest BCUT2D eigenvalue weighted by molar-refractivity contribution is 0.0679. The second-order valence-electron chi connectivity index (χ2n) is 2.73. The van der Waals surface area contributed by atoms with Gasteiger partial charge in [-0.2, -0.15) is 0 Å². The summed E-state index contributed by atoms with van der Waals surface area (Å²) in [6.07, 6.45) is 5.48. The molecule has 4 nitrogen and oxygen atoms in total. The fraction of sp³-hybridized carbons (Fsp3) is 0.333. The third-order valence-corrected chi connectivity index (χ3v) is 1.63. The zero-order valence-corrected chi connectivity index (χ0v) is 7.69. The quantitative estimate of drug-likeness (QED) is 0.716.